The Bertz CT molecular complexity index is 505. The number of carbonyl (C=O) groups excluding carboxylic acids is 1. The van der Waals surface area contributed by atoms with Gasteiger partial charge in [0.2, 0.25) is 0 Å². The van der Waals surface area contributed by atoms with Crippen LogP contribution >= 0.6 is 0 Å². The monoisotopic (exact) mass is 290 g/mol. The van der Waals surface area contributed by atoms with Crippen LogP contribution in [0.5, 0.6) is 0 Å². The second-order valence-corrected chi connectivity index (χ2v) is 5.94. The summed E-state index contributed by atoms with van der Waals surface area (Å²) in [5.41, 5.74) is 1.53. The van der Waals surface area contributed by atoms with Crippen molar-refractivity contribution in [3.63, 3.8) is 0 Å². The summed E-state index contributed by atoms with van der Waals surface area (Å²) >= 11 is 0. The maximum Gasteiger partial charge on any atom is 0.337 e. The number of benzene rings is 1. The van der Waals surface area contributed by atoms with Crippen LogP contribution in [-0.2, 0) is 10.3 Å². The van der Waals surface area contributed by atoms with Crippen molar-refractivity contribution in [2.24, 2.45) is 0 Å². The molecule has 114 valence electrons. The Kier molecular flexibility index (Phi) is 3.97. The number of aliphatic hydroxyl groups excluding tert-OH is 1. The van der Waals surface area contributed by atoms with Gasteiger partial charge in [0.05, 0.1) is 12.7 Å². The second-order valence-electron chi connectivity index (χ2n) is 5.94. The highest BCUT2D eigenvalue weighted by molar-refractivity contribution is 5.89. The fourth-order valence-electron chi connectivity index (χ4n) is 3.05. The van der Waals surface area contributed by atoms with Crippen LogP contribution in [0.25, 0.3) is 0 Å². The van der Waals surface area contributed by atoms with E-state index in [1.165, 1.54) is 7.11 Å². The molecule has 1 heterocycles. The van der Waals surface area contributed by atoms with Crippen LogP contribution in [0.4, 0.5) is 0 Å². The lowest BCUT2D eigenvalue weighted by Gasteiger charge is -2.26. The quantitative estimate of drug-likeness (QED) is 0.560. The molecule has 0 amide bonds. The number of aliphatic hydroxyl groups is 1. The summed E-state index contributed by atoms with van der Waals surface area (Å²) in [4.78, 5) is 11.5. The first-order chi connectivity index (χ1) is 10.1. The summed E-state index contributed by atoms with van der Waals surface area (Å²) in [5.74, 6) is -0.324. The Hall–Kier alpha value is -1.43. The van der Waals surface area contributed by atoms with E-state index in [9.17, 15) is 9.90 Å². The number of rotatable bonds is 5. The van der Waals surface area contributed by atoms with Gasteiger partial charge in [-0.25, -0.2) is 4.79 Å². The van der Waals surface area contributed by atoms with Crippen LogP contribution in [0, 0.1) is 0 Å². The van der Waals surface area contributed by atoms with Crippen molar-refractivity contribution in [3.8, 4) is 0 Å². The third kappa shape index (κ3) is 2.95. The smallest absolute Gasteiger partial charge is 0.337 e. The lowest BCUT2D eigenvalue weighted by atomic mass is 10.0. The minimum atomic E-state index is -0.532. The molecule has 2 aliphatic rings. The normalized spacial score (nSPS) is 24.6. The molecule has 1 aliphatic heterocycles. The van der Waals surface area contributed by atoms with Gasteiger partial charge in [-0.05, 0) is 49.9 Å². The molecule has 1 aromatic rings. The molecular formula is C16H22N2O3. The van der Waals surface area contributed by atoms with Gasteiger partial charge in [0, 0.05) is 11.6 Å². The third-order valence-corrected chi connectivity index (χ3v) is 4.51. The number of hydrogen-bond donors (Lipinski definition) is 3. The fraction of sp³-hybridized carbons (Fsp3) is 0.562. The van der Waals surface area contributed by atoms with E-state index in [0.29, 0.717) is 5.56 Å². The van der Waals surface area contributed by atoms with Gasteiger partial charge in [-0.1, -0.05) is 12.1 Å². The van der Waals surface area contributed by atoms with Crippen molar-refractivity contribution >= 4 is 5.97 Å². The van der Waals surface area contributed by atoms with Crippen molar-refractivity contribution in [1.82, 2.24) is 10.6 Å². The first kappa shape index (κ1) is 14.5. The van der Waals surface area contributed by atoms with E-state index in [0.717, 1.165) is 37.8 Å². The topological polar surface area (TPSA) is 70.6 Å². The summed E-state index contributed by atoms with van der Waals surface area (Å²) in [6.45, 7) is 0.976. The molecule has 1 aliphatic carbocycles. The lowest BCUT2D eigenvalue weighted by molar-refractivity contribution is 0.0600. The van der Waals surface area contributed by atoms with Gasteiger partial charge in [-0.2, -0.15) is 0 Å². The van der Waals surface area contributed by atoms with Gasteiger partial charge in [-0.3, -0.25) is 5.32 Å². The predicted octanol–water partition coefficient (Wildman–Crippen LogP) is 1.12. The van der Waals surface area contributed by atoms with E-state index < -0.39 is 6.23 Å². The number of esters is 1. The standard InChI is InChI=1S/C16H22N2O3/c1-21-15(20)11-4-6-12(7-5-11)16(8-9-16)18-14(19)13-3-2-10-17-13/h4-7,13-14,17-19H,2-3,8-10H2,1H3. The maximum absolute atomic E-state index is 11.5. The van der Waals surface area contributed by atoms with Gasteiger partial charge >= 0.3 is 5.97 Å². The molecule has 0 radical (unpaired) electrons. The zero-order chi connectivity index (χ0) is 14.9. The molecule has 0 spiro atoms. The van der Waals surface area contributed by atoms with E-state index >= 15 is 0 Å². The minimum absolute atomic E-state index is 0.136. The molecule has 3 rings (SSSR count). The predicted molar refractivity (Wildman–Crippen MR) is 78.9 cm³/mol. The Morgan fingerprint density at radius 1 is 1.43 bits per heavy atom. The average molecular weight is 290 g/mol. The Labute approximate surface area is 124 Å². The summed E-state index contributed by atoms with van der Waals surface area (Å²) in [6, 6.07) is 7.59. The Morgan fingerprint density at radius 3 is 2.67 bits per heavy atom. The van der Waals surface area contributed by atoms with E-state index in [2.05, 4.69) is 10.6 Å². The first-order valence-electron chi connectivity index (χ1n) is 7.53. The van der Waals surface area contributed by atoms with E-state index in [1.54, 1.807) is 12.1 Å². The van der Waals surface area contributed by atoms with Gasteiger partial charge in [0.1, 0.15) is 6.23 Å². The van der Waals surface area contributed by atoms with E-state index in [4.69, 9.17) is 4.74 Å². The van der Waals surface area contributed by atoms with Crippen LogP contribution in [0.2, 0.25) is 0 Å². The Morgan fingerprint density at radius 2 is 2.14 bits per heavy atom. The molecule has 2 atom stereocenters. The summed E-state index contributed by atoms with van der Waals surface area (Å²) in [7, 11) is 1.38. The second kappa shape index (κ2) is 5.75. The van der Waals surface area contributed by atoms with Crippen LogP contribution in [0.3, 0.4) is 0 Å². The van der Waals surface area contributed by atoms with Crippen LogP contribution in [-0.4, -0.2) is 37.0 Å². The largest absolute Gasteiger partial charge is 0.465 e. The highest BCUT2D eigenvalue weighted by atomic mass is 16.5. The summed E-state index contributed by atoms with van der Waals surface area (Å²) in [6.07, 6.45) is 3.61. The fourth-order valence-corrected chi connectivity index (χ4v) is 3.05. The highest BCUT2D eigenvalue weighted by Gasteiger charge is 2.46. The molecule has 0 aromatic heterocycles. The molecule has 5 nitrogen and oxygen atoms in total. The maximum atomic E-state index is 11.5. The van der Waals surface area contributed by atoms with Crippen LogP contribution in [0.1, 0.15) is 41.6 Å². The molecule has 1 aromatic carbocycles. The van der Waals surface area contributed by atoms with Crippen molar-refractivity contribution in [1.29, 1.82) is 0 Å². The molecule has 0 bridgehead atoms. The lowest BCUT2D eigenvalue weighted by Crippen LogP contribution is -2.49. The number of carbonyl (C=O) groups is 1. The molecule has 5 heteroatoms. The van der Waals surface area contributed by atoms with Gasteiger partial charge in [0.25, 0.3) is 0 Å². The van der Waals surface area contributed by atoms with Crippen molar-refractivity contribution < 1.29 is 14.6 Å². The molecular weight excluding hydrogens is 268 g/mol. The molecule has 21 heavy (non-hydrogen) atoms. The van der Waals surface area contributed by atoms with Gasteiger partial charge in [0.15, 0.2) is 0 Å². The zero-order valence-electron chi connectivity index (χ0n) is 12.3. The van der Waals surface area contributed by atoms with Crippen molar-refractivity contribution in [2.75, 3.05) is 13.7 Å². The number of ether oxygens (including phenoxy) is 1. The summed E-state index contributed by atoms with van der Waals surface area (Å²) in [5, 5.41) is 17.0. The first-order valence-corrected chi connectivity index (χ1v) is 7.53. The summed E-state index contributed by atoms with van der Waals surface area (Å²) < 4.78 is 4.71. The zero-order valence-corrected chi connectivity index (χ0v) is 12.3. The molecule has 1 saturated heterocycles. The number of hydrogen-bond acceptors (Lipinski definition) is 5. The van der Waals surface area contributed by atoms with Crippen molar-refractivity contribution in [2.45, 2.75) is 43.5 Å². The molecule has 3 N–H and O–H groups in total. The average Bonchev–Trinajstić information content (AvgIpc) is 3.08. The molecule has 1 saturated carbocycles. The van der Waals surface area contributed by atoms with Gasteiger partial charge in [-0.15, -0.1) is 0 Å². The third-order valence-electron chi connectivity index (χ3n) is 4.51. The SMILES string of the molecule is COC(=O)c1ccc(C2(NC(O)C3CCCN3)CC2)cc1. The van der Waals surface area contributed by atoms with Crippen molar-refractivity contribution in [3.05, 3.63) is 35.4 Å². The highest BCUT2D eigenvalue weighted by Crippen LogP contribution is 2.46. The molecule has 2 fully saturated rings. The minimum Gasteiger partial charge on any atom is -0.465 e. The van der Waals surface area contributed by atoms with Crippen LogP contribution < -0.4 is 10.6 Å². The van der Waals surface area contributed by atoms with E-state index in [-0.39, 0.29) is 17.6 Å². The number of nitrogens with one attached hydrogen (secondary N) is 2. The Balaban J connectivity index is 1.68. The number of methoxy groups -OCH3 is 1. The van der Waals surface area contributed by atoms with Crippen LogP contribution in [0.15, 0.2) is 24.3 Å². The van der Waals surface area contributed by atoms with Gasteiger partial charge < -0.3 is 15.2 Å². The molecule has 2 unspecified atom stereocenters. The van der Waals surface area contributed by atoms with E-state index in [1.807, 2.05) is 12.1 Å².